The minimum absolute atomic E-state index is 0.0262. The quantitative estimate of drug-likeness (QED) is 0.667. The first-order valence-electron chi connectivity index (χ1n) is 9.59. The van der Waals surface area contributed by atoms with Crippen molar-refractivity contribution in [2.75, 3.05) is 7.11 Å². The van der Waals surface area contributed by atoms with Crippen molar-refractivity contribution >= 4 is 25.2 Å². The van der Waals surface area contributed by atoms with E-state index in [9.17, 15) is 5.11 Å². The predicted molar refractivity (Wildman–Crippen MR) is 121 cm³/mol. The van der Waals surface area contributed by atoms with Crippen molar-refractivity contribution < 1.29 is 9.84 Å². The van der Waals surface area contributed by atoms with Crippen molar-refractivity contribution in [2.45, 2.75) is 12.1 Å². The summed E-state index contributed by atoms with van der Waals surface area (Å²) in [6.45, 7) is 3.83. The van der Waals surface area contributed by atoms with E-state index in [4.69, 9.17) is 9.73 Å². The van der Waals surface area contributed by atoms with Gasteiger partial charge in [-0.1, -0.05) is 66.6 Å². The monoisotopic (exact) mass is 382 g/mol. The van der Waals surface area contributed by atoms with Crippen LogP contribution in [0.4, 0.5) is 0 Å². The van der Waals surface area contributed by atoms with Gasteiger partial charge >= 0.3 is 0 Å². The lowest BCUT2D eigenvalue weighted by Gasteiger charge is -2.20. The number of aliphatic imine (C=N–C) groups is 1. The van der Waals surface area contributed by atoms with E-state index in [0.29, 0.717) is 17.1 Å². The Morgan fingerprint density at radius 1 is 1.03 bits per heavy atom. The molecule has 0 unspecified atom stereocenters. The first-order chi connectivity index (χ1) is 14.1. The molecule has 1 aliphatic rings. The smallest absolute Gasteiger partial charge is 0.139 e. The highest BCUT2D eigenvalue weighted by Crippen LogP contribution is 2.38. The largest absolute Gasteiger partial charge is 0.507 e. The summed E-state index contributed by atoms with van der Waals surface area (Å²) < 4.78 is 5.20. The van der Waals surface area contributed by atoms with Gasteiger partial charge < -0.3 is 15.2 Å². The third-order valence-corrected chi connectivity index (χ3v) is 5.29. The zero-order valence-corrected chi connectivity index (χ0v) is 16.6. The van der Waals surface area contributed by atoms with Crippen LogP contribution in [-0.4, -0.2) is 25.9 Å². The summed E-state index contributed by atoms with van der Waals surface area (Å²) >= 11 is 0. The molecule has 0 bridgehead atoms. The van der Waals surface area contributed by atoms with Gasteiger partial charge in [-0.15, -0.1) is 0 Å². The van der Waals surface area contributed by atoms with Crippen molar-refractivity contribution in [3.05, 3.63) is 95.6 Å². The zero-order chi connectivity index (χ0) is 20.4. The minimum Gasteiger partial charge on any atom is -0.507 e. The van der Waals surface area contributed by atoms with E-state index in [1.54, 1.807) is 13.2 Å². The molecule has 0 radical (unpaired) electrons. The molecule has 0 saturated heterocycles. The number of hydrogen-bond acceptors (Lipinski definition) is 4. The van der Waals surface area contributed by atoms with Gasteiger partial charge in [0.25, 0.3) is 0 Å². The molecule has 5 heteroatoms. The van der Waals surface area contributed by atoms with Crippen LogP contribution in [0.5, 0.6) is 11.5 Å². The van der Waals surface area contributed by atoms with Gasteiger partial charge in [-0.05, 0) is 28.8 Å². The molecule has 0 spiro atoms. The van der Waals surface area contributed by atoms with E-state index in [1.807, 2.05) is 30.3 Å². The molecular formula is C24H23BN2O2. The van der Waals surface area contributed by atoms with Crippen LogP contribution in [0.2, 0.25) is 0 Å². The van der Waals surface area contributed by atoms with Gasteiger partial charge in [-0.25, -0.2) is 0 Å². The molecule has 2 atom stereocenters. The SMILES string of the molecule is Bc1ccc([C@@H]2NC(c3ccc(OC)cc3O)=N[C@@H]2c2ccc(C=C)cc2)cc1. The molecule has 1 aliphatic heterocycles. The van der Waals surface area contributed by atoms with Crippen molar-refractivity contribution in [1.82, 2.24) is 5.32 Å². The Morgan fingerprint density at radius 2 is 1.72 bits per heavy atom. The maximum Gasteiger partial charge on any atom is 0.139 e. The first-order valence-corrected chi connectivity index (χ1v) is 9.59. The number of benzene rings is 3. The van der Waals surface area contributed by atoms with Crippen LogP contribution in [0.15, 0.2) is 78.3 Å². The molecule has 29 heavy (non-hydrogen) atoms. The van der Waals surface area contributed by atoms with E-state index in [0.717, 1.165) is 16.7 Å². The Labute approximate surface area is 172 Å². The second-order valence-corrected chi connectivity index (χ2v) is 7.21. The normalized spacial score (nSPS) is 18.0. The molecule has 0 aromatic heterocycles. The fourth-order valence-electron chi connectivity index (χ4n) is 3.60. The molecule has 144 valence electrons. The molecule has 4 nitrogen and oxygen atoms in total. The highest BCUT2D eigenvalue weighted by Gasteiger charge is 2.32. The summed E-state index contributed by atoms with van der Waals surface area (Å²) in [7, 11) is 3.66. The fraction of sp³-hybridized carbons (Fsp3) is 0.125. The molecule has 0 aliphatic carbocycles. The van der Waals surface area contributed by atoms with Crippen molar-refractivity contribution in [2.24, 2.45) is 4.99 Å². The second kappa shape index (κ2) is 7.88. The van der Waals surface area contributed by atoms with E-state index >= 15 is 0 Å². The van der Waals surface area contributed by atoms with Crippen molar-refractivity contribution in [3.8, 4) is 11.5 Å². The summed E-state index contributed by atoms with van der Waals surface area (Å²) in [5, 5.41) is 14.0. The standard InChI is InChI=1S/C24H23BN2O2/c1-3-15-4-6-16(7-5-15)22-23(17-8-10-18(25)11-9-17)27-24(26-22)20-13-12-19(29-2)14-21(20)28/h3-14,22-23,28H,1,25H2,2H3,(H,26,27)/t22-,23+/m1/s1. The third kappa shape index (κ3) is 3.76. The summed E-state index contributed by atoms with van der Waals surface area (Å²) in [5.41, 5.74) is 5.21. The summed E-state index contributed by atoms with van der Waals surface area (Å²) in [6.07, 6.45) is 1.83. The average molecular weight is 382 g/mol. The lowest BCUT2D eigenvalue weighted by atomic mass is 9.90. The number of phenols is 1. The number of nitrogens with one attached hydrogen (secondary N) is 1. The number of amidine groups is 1. The molecule has 3 aromatic carbocycles. The number of phenolic OH excluding ortho intramolecular Hbond substituents is 1. The van der Waals surface area contributed by atoms with Gasteiger partial charge in [0.15, 0.2) is 0 Å². The van der Waals surface area contributed by atoms with Gasteiger partial charge in [0.05, 0.1) is 18.7 Å². The highest BCUT2D eigenvalue weighted by atomic mass is 16.5. The topological polar surface area (TPSA) is 53.8 Å². The minimum atomic E-state index is -0.104. The number of ether oxygens (including phenoxy) is 1. The lowest BCUT2D eigenvalue weighted by molar-refractivity contribution is 0.407. The van der Waals surface area contributed by atoms with Gasteiger partial charge in [-0.3, -0.25) is 4.99 Å². The molecule has 4 rings (SSSR count). The van der Waals surface area contributed by atoms with E-state index in [1.165, 1.54) is 5.46 Å². The van der Waals surface area contributed by atoms with E-state index in [-0.39, 0.29) is 17.8 Å². The summed E-state index contributed by atoms with van der Waals surface area (Å²) in [4.78, 5) is 4.96. The first kappa shape index (κ1) is 18.9. The Morgan fingerprint density at radius 3 is 2.34 bits per heavy atom. The van der Waals surface area contributed by atoms with Crippen LogP contribution in [0.25, 0.3) is 6.08 Å². The average Bonchev–Trinajstić information content (AvgIpc) is 3.19. The van der Waals surface area contributed by atoms with Crippen LogP contribution in [0.1, 0.15) is 34.3 Å². The van der Waals surface area contributed by atoms with Crippen LogP contribution >= 0.6 is 0 Å². The Balaban J connectivity index is 1.75. The molecule has 0 saturated carbocycles. The van der Waals surface area contributed by atoms with Gasteiger partial charge in [0, 0.05) is 6.07 Å². The number of methoxy groups -OCH3 is 1. The van der Waals surface area contributed by atoms with Gasteiger partial charge in [-0.2, -0.15) is 0 Å². The lowest BCUT2D eigenvalue weighted by Crippen LogP contribution is -2.25. The molecular weight excluding hydrogens is 359 g/mol. The van der Waals surface area contributed by atoms with E-state index in [2.05, 4.69) is 56.1 Å². The Kier molecular flexibility index (Phi) is 5.13. The number of rotatable bonds is 5. The maximum atomic E-state index is 10.5. The predicted octanol–water partition coefficient (Wildman–Crippen LogP) is 3.13. The number of hydrogen-bond donors (Lipinski definition) is 2. The van der Waals surface area contributed by atoms with Crippen LogP contribution in [0, 0.1) is 0 Å². The van der Waals surface area contributed by atoms with E-state index < -0.39 is 0 Å². The summed E-state index contributed by atoms with van der Waals surface area (Å²) in [5.74, 6) is 1.42. The molecule has 0 fully saturated rings. The molecule has 3 aromatic rings. The van der Waals surface area contributed by atoms with Crippen LogP contribution in [0.3, 0.4) is 0 Å². The number of nitrogens with zero attached hydrogens (tertiary/aromatic N) is 1. The third-order valence-electron chi connectivity index (χ3n) is 5.29. The zero-order valence-electron chi connectivity index (χ0n) is 16.6. The maximum absolute atomic E-state index is 10.5. The second-order valence-electron chi connectivity index (χ2n) is 7.21. The highest BCUT2D eigenvalue weighted by molar-refractivity contribution is 6.32. The van der Waals surface area contributed by atoms with Crippen LogP contribution < -0.4 is 15.5 Å². The molecule has 0 amide bonds. The Bertz CT molecular complexity index is 1060. The van der Waals surface area contributed by atoms with Crippen molar-refractivity contribution in [3.63, 3.8) is 0 Å². The van der Waals surface area contributed by atoms with Crippen molar-refractivity contribution in [1.29, 1.82) is 0 Å². The number of aromatic hydroxyl groups is 1. The van der Waals surface area contributed by atoms with Crippen LogP contribution in [-0.2, 0) is 0 Å². The Hall–Kier alpha value is -3.47. The molecule has 2 N–H and O–H groups in total. The summed E-state index contributed by atoms with van der Waals surface area (Å²) in [6, 6.07) is 21.9. The molecule has 1 heterocycles. The van der Waals surface area contributed by atoms with Gasteiger partial charge in [0.2, 0.25) is 0 Å². The van der Waals surface area contributed by atoms with Gasteiger partial charge in [0.1, 0.15) is 31.2 Å². The fourth-order valence-corrected chi connectivity index (χ4v) is 3.60.